The van der Waals surface area contributed by atoms with Crippen molar-refractivity contribution >= 4 is 11.5 Å². The standard InChI is InChI=1S/C17H23N3O3S/c21-16-19(14-15-6-2-1-3-7-15)17(22)24-20(16)9-5-4-8-18-10-12-23-13-11-18/h1-3,6-7H,4-5,8-14H2. The Bertz CT molecular complexity index is 744. The third kappa shape index (κ3) is 4.43. The maximum absolute atomic E-state index is 12.4. The van der Waals surface area contributed by atoms with Crippen LogP contribution in [-0.4, -0.2) is 46.3 Å². The molecule has 0 N–H and O–H groups in total. The molecule has 0 bridgehead atoms. The summed E-state index contributed by atoms with van der Waals surface area (Å²) < 4.78 is 8.24. The molecular weight excluding hydrogens is 326 g/mol. The van der Waals surface area contributed by atoms with Gasteiger partial charge in [-0.1, -0.05) is 30.3 Å². The summed E-state index contributed by atoms with van der Waals surface area (Å²) in [7, 11) is 0. The van der Waals surface area contributed by atoms with Crippen molar-refractivity contribution in [3.8, 4) is 0 Å². The van der Waals surface area contributed by atoms with Crippen LogP contribution in [0.4, 0.5) is 0 Å². The Morgan fingerprint density at radius 2 is 1.71 bits per heavy atom. The highest BCUT2D eigenvalue weighted by atomic mass is 32.1. The van der Waals surface area contributed by atoms with E-state index in [0.29, 0.717) is 13.1 Å². The lowest BCUT2D eigenvalue weighted by atomic mass is 10.2. The number of aromatic nitrogens is 2. The van der Waals surface area contributed by atoms with Crippen molar-refractivity contribution in [1.29, 1.82) is 0 Å². The molecule has 2 aromatic rings. The van der Waals surface area contributed by atoms with E-state index in [1.807, 2.05) is 30.3 Å². The van der Waals surface area contributed by atoms with Gasteiger partial charge in [-0.25, -0.2) is 13.3 Å². The Balaban J connectivity index is 1.54. The summed E-state index contributed by atoms with van der Waals surface area (Å²) in [6.07, 6.45) is 1.93. The molecule has 0 aliphatic carbocycles. The molecule has 130 valence electrons. The lowest BCUT2D eigenvalue weighted by Crippen LogP contribution is -2.36. The molecule has 7 heteroatoms. The minimum atomic E-state index is -0.194. The maximum atomic E-state index is 12.4. The zero-order chi connectivity index (χ0) is 16.8. The van der Waals surface area contributed by atoms with Crippen LogP contribution in [0.5, 0.6) is 0 Å². The van der Waals surface area contributed by atoms with Gasteiger partial charge in [-0.3, -0.25) is 9.69 Å². The van der Waals surface area contributed by atoms with Gasteiger partial charge in [-0.2, -0.15) is 0 Å². The number of benzene rings is 1. The number of morpholine rings is 1. The zero-order valence-electron chi connectivity index (χ0n) is 13.7. The van der Waals surface area contributed by atoms with Gasteiger partial charge in [0.25, 0.3) is 0 Å². The van der Waals surface area contributed by atoms with Crippen LogP contribution in [0.15, 0.2) is 39.9 Å². The minimum Gasteiger partial charge on any atom is -0.379 e. The topological polar surface area (TPSA) is 56.5 Å². The summed E-state index contributed by atoms with van der Waals surface area (Å²) in [6, 6.07) is 9.60. The molecule has 1 aromatic heterocycles. The number of nitrogens with zero attached hydrogens (tertiary/aromatic N) is 3. The lowest BCUT2D eigenvalue weighted by Gasteiger charge is -2.26. The van der Waals surface area contributed by atoms with Crippen LogP contribution in [0.2, 0.25) is 0 Å². The van der Waals surface area contributed by atoms with Crippen LogP contribution in [0.25, 0.3) is 0 Å². The molecule has 1 aromatic carbocycles. The predicted molar refractivity (Wildman–Crippen MR) is 94.9 cm³/mol. The van der Waals surface area contributed by atoms with Gasteiger partial charge in [-0.05, 0) is 24.9 Å². The van der Waals surface area contributed by atoms with E-state index in [4.69, 9.17) is 4.74 Å². The fourth-order valence-electron chi connectivity index (χ4n) is 2.85. The van der Waals surface area contributed by atoms with Crippen LogP contribution in [0.1, 0.15) is 18.4 Å². The van der Waals surface area contributed by atoms with Gasteiger partial charge in [0.1, 0.15) is 0 Å². The van der Waals surface area contributed by atoms with E-state index < -0.39 is 0 Å². The molecule has 0 unspecified atom stereocenters. The highest BCUT2D eigenvalue weighted by molar-refractivity contribution is 7.03. The summed E-state index contributed by atoms with van der Waals surface area (Å²) in [5.41, 5.74) is 0.772. The molecule has 6 nitrogen and oxygen atoms in total. The first kappa shape index (κ1) is 17.1. The normalized spacial score (nSPS) is 15.7. The highest BCUT2D eigenvalue weighted by Crippen LogP contribution is 2.03. The van der Waals surface area contributed by atoms with E-state index in [9.17, 15) is 9.59 Å². The smallest absolute Gasteiger partial charge is 0.341 e. The third-order valence-corrected chi connectivity index (χ3v) is 5.16. The zero-order valence-corrected chi connectivity index (χ0v) is 14.5. The fraction of sp³-hybridized carbons (Fsp3) is 0.529. The first-order valence-electron chi connectivity index (χ1n) is 8.39. The second kappa shape index (κ2) is 8.41. The maximum Gasteiger partial charge on any atom is 0.341 e. The molecule has 1 aliphatic rings. The minimum absolute atomic E-state index is 0.183. The van der Waals surface area contributed by atoms with Crippen molar-refractivity contribution in [2.45, 2.75) is 25.9 Å². The first-order chi connectivity index (χ1) is 11.7. The molecule has 3 rings (SSSR count). The van der Waals surface area contributed by atoms with Crippen molar-refractivity contribution < 1.29 is 4.74 Å². The lowest BCUT2D eigenvalue weighted by molar-refractivity contribution is 0.0371. The molecule has 0 spiro atoms. The Morgan fingerprint density at radius 3 is 2.46 bits per heavy atom. The molecule has 0 saturated carbocycles. The average molecular weight is 349 g/mol. The average Bonchev–Trinajstić information content (AvgIpc) is 2.88. The number of aryl methyl sites for hydroxylation is 1. The van der Waals surface area contributed by atoms with Crippen molar-refractivity contribution in [2.75, 3.05) is 32.8 Å². The van der Waals surface area contributed by atoms with Gasteiger partial charge in [-0.15, -0.1) is 0 Å². The third-order valence-electron chi connectivity index (χ3n) is 4.23. The number of rotatable bonds is 7. The summed E-state index contributed by atoms with van der Waals surface area (Å²) in [4.78, 5) is 26.7. The Kier molecular flexibility index (Phi) is 6.01. The van der Waals surface area contributed by atoms with Gasteiger partial charge >= 0.3 is 10.6 Å². The van der Waals surface area contributed by atoms with E-state index in [0.717, 1.165) is 62.8 Å². The molecule has 2 heterocycles. The van der Waals surface area contributed by atoms with E-state index >= 15 is 0 Å². The molecule has 1 aliphatic heterocycles. The van der Waals surface area contributed by atoms with Gasteiger partial charge in [0, 0.05) is 31.2 Å². The van der Waals surface area contributed by atoms with Crippen LogP contribution >= 0.6 is 11.5 Å². The quantitative estimate of drug-likeness (QED) is 0.706. The first-order valence-corrected chi connectivity index (χ1v) is 9.16. The number of unbranched alkanes of at least 4 members (excludes halogenated alkanes) is 1. The molecule has 1 fully saturated rings. The van der Waals surface area contributed by atoms with Crippen molar-refractivity contribution in [3.63, 3.8) is 0 Å². The highest BCUT2D eigenvalue weighted by Gasteiger charge is 2.12. The Morgan fingerprint density at radius 1 is 1.00 bits per heavy atom. The van der Waals surface area contributed by atoms with Crippen molar-refractivity contribution in [3.05, 3.63) is 56.0 Å². The van der Waals surface area contributed by atoms with Gasteiger partial charge in [0.15, 0.2) is 0 Å². The fourth-order valence-corrected chi connectivity index (χ4v) is 3.68. The van der Waals surface area contributed by atoms with Crippen molar-refractivity contribution in [2.24, 2.45) is 0 Å². The largest absolute Gasteiger partial charge is 0.379 e. The van der Waals surface area contributed by atoms with Crippen LogP contribution in [0, 0.1) is 0 Å². The van der Waals surface area contributed by atoms with Crippen molar-refractivity contribution in [1.82, 2.24) is 13.4 Å². The molecule has 0 amide bonds. The summed E-state index contributed by atoms with van der Waals surface area (Å²) in [5, 5.41) is 0. The monoisotopic (exact) mass is 349 g/mol. The molecule has 0 atom stereocenters. The van der Waals surface area contributed by atoms with Gasteiger partial charge < -0.3 is 4.74 Å². The van der Waals surface area contributed by atoms with Crippen LogP contribution in [0.3, 0.4) is 0 Å². The second-order valence-corrected chi connectivity index (χ2v) is 6.95. The molecule has 24 heavy (non-hydrogen) atoms. The van der Waals surface area contributed by atoms with E-state index in [2.05, 4.69) is 4.90 Å². The van der Waals surface area contributed by atoms with E-state index in [-0.39, 0.29) is 10.6 Å². The Labute approximate surface area is 145 Å². The summed E-state index contributed by atoms with van der Waals surface area (Å²) >= 11 is 1.02. The molecule has 0 radical (unpaired) electrons. The molecular formula is C17H23N3O3S. The molecule has 1 saturated heterocycles. The Hall–Kier alpha value is -1.70. The predicted octanol–water partition coefficient (Wildman–Crippen LogP) is 1.23. The summed E-state index contributed by atoms with van der Waals surface area (Å²) in [5.74, 6) is 0. The van der Waals surface area contributed by atoms with Crippen LogP contribution < -0.4 is 10.6 Å². The van der Waals surface area contributed by atoms with E-state index in [1.54, 1.807) is 3.96 Å². The van der Waals surface area contributed by atoms with E-state index in [1.165, 1.54) is 4.57 Å². The van der Waals surface area contributed by atoms with Gasteiger partial charge in [0.05, 0.1) is 19.8 Å². The number of hydrogen-bond donors (Lipinski definition) is 0. The second-order valence-electron chi connectivity index (χ2n) is 5.97. The number of hydrogen-bond acceptors (Lipinski definition) is 5. The number of ether oxygens (including phenoxy) is 1. The summed E-state index contributed by atoms with van der Waals surface area (Å²) in [6.45, 7) is 5.58. The van der Waals surface area contributed by atoms with Crippen LogP contribution in [-0.2, 0) is 17.8 Å². The van der Waals surface area contributed by atoms with Gasteiger partial charge in [0.2, 0.25) is 0 Å². The SMILES string of the molecule is O=c1sn(CCCCN2CCOCC2)c(=O)n1Cc1ccccc1.